The molecule has 26 heavy (non-hydrogen) atoms. The number of non-ortho nitro benzene ring substituents is 1. The fourth-order valence-electron chi connectivity index (χ4n) is 2.99. The van der Waals surface area contributed by atoms with Crippen LogP contribution in [-0.4, -0.2) is 9.91 Å². The van der Waals surface area contributed by atoms with E-state index in [1.807, 2.05) is 30.3 Å². The van der Waals surface area contributed by atoms with Gasteiger partial charge in [-0.1, -0.05) is 42.5 Å². The number of nitrogens with zero attached hydrogens (tertiary/aromatic N) is 1. The monoisotopic (exact) mass is 362 g/mol. The highest BCUT2D eigenvalue weighted by Gasteiger charge is 2.19. The second-order valence-electron chi connectivity index (χ2n) is 5.86. The lowest BCUT2D eigenvalue weighted by Gasteiger charge is -2.09. The summed E-state index contributed by atoms with van der Waals surface area (Å²) in [6.07, 6.45) is 0. The Bertz CT molecular complexity index is 1190. The van der Waals surface area contributed by atoms with Crippen LogP contribution in [0.2, 0.25) is 0 Å². The molecule has 0 unspecified atom stereocenters. The second-order valence-corrected chi connectivity index (χ2v) is 6.88. The van der Waals surface area contributed by atoms with Gasteiger partial charge in [0.2, 0.25) is 0 Å². The number of benzene rings is 3. The standard InChI is InChI=1S/C20H14N2O3S/c23-20-14-8-4-5-9-15(14)21-19-16(22(24)25)10-11-17(18(19)20)26-12-13-6-2-1-3-7-13/h1-11H,12H2,(H,21,23). The van der Waals surface area contributed by atoms with Crippen molar-refractivity contribution >= 4 is 39.3 Å². The maximum atomic E-state index is 13.0. The first-order valence-electron chi connectivity index (χ1n) is 8.04. The van der Waals surface area contributed by atoms with Crippen molar-refractivity contribution in [3.05, 3.63) is 92.6 Å². The fraction of sp³-hybridized carbons (Fsp3) is 0.0500. The van der Waals surface area contributed by atoms with Gasteiger partial charge in [-0.15, -0.1) is 11.8 Å². The number of aromatic nitrogens is 1. The number of nitrogens with one attached hydrogen (secondary N) is 1. The zero-order valence-corrected chi connectivity index (χ0v) is 14.5. The number of pyridine rings is 1. The van der Waals surface area contributed by atoms with Gasteiger partial charge in [0.05, 0.1) is 10.3 Å². The van der Waals surface area contributed by atoms with E-state index in [-0.39, 0.29) is 16.6 Å². The molecule has 6 heteroatoms. The van der Waals surface area contributed by atoms with Crippen LogP contribution in [0, 0.1) is 10.1 Å². The van der Waals surface area contributed by atoms with Crippen molar-refractivity contribution in [2.75, 3.05) is 0 Å². The highest BCUT2D eigenvalue weighted by Crippen LogP contribution is 2.33. The van der Waals surface area contributed by atoms with Gasteiger partial charge in [-0.3, -0.25) is 14.9 Å². The Labute approximate surface area is 152 Å². The highest BCUT2D eigenvalue weighted by atomic mass is 32.2. The van der Waals surface area contributed by atoms with Crippen molar-refractivity contribution in [2.45, 2.75) is 10.6 Å². The van der Waals surface area contributed by atoms with Crippen molar-refractivity contribution in [3.63, 3.8) is 0 Å². The average molecular weight is 362 g/mol. The number of rotatable bonds is 4. The number of hydrogen-bond donors (Lipinski definition) is 1. The molecule has 0 saturated heterocycles. The Morgan fingerprint density at radius 1 is 0.962 bits per heavy atom. The number of fused-ring (bicyclic) bond motifs is 2. The number of aromatic amines is 1. The SMILES string of the molecule is O=c1c2ccccc2[nH]c2c([N+](=O)[O-])ccc(SCc3ccccc3)c12. The van der Waals surface area contributed by atoms with Crippen LogP contribution in [0.3, 0.4) is 0 Å². The van der Waals surface area contributed by atoms with E-state index in [4.69, 9.17) is 0 Å². The van der Waals surface area contributed by atoms with E-state index in [9.17, 15) is 14.9 Å². The second kappa shape index (κ2) is 6.65. The van der Waals surface area contributed by atoms with Gasteiger partial charge in [0, 0.05) is 27.6 Å². The minimum absolute atomic E-state index is 0.0908. The largest absolute Gasteiger partial charge is 0.349 e. The minimum atomic E-state index is -0.460. The molecule has 1 heterocycles. The quantitative estimate of drug-likeness (QED) is 0.243. The molecule has 1 aromatic heterocycles. The van der Waals surface area contributed by atoms with Gasteiger partial charge >= 0.3 is 0 Å². The zero-order valence-electron chi connectivity index (χ0n) is 13.6. The van der Waals surface area contributed by atoms with Gasteiger partial charge in [-0.25, -0.2) is 0 Å². The third-order valence-corrected chi connectivity index (χ3v) is 5.37. The average Bonchev–Trinajstić information content (AvgIpc) is 2.67. The van der Waals surface area contributed by atoms with E-state index in [1.165, 1.54) is 17.8 Å². The van der Waals surface area contributed by atoms with Crippen molar-refractivity contribution in [3.8, 4) is 0 Å². The minimum Gasteiger partial charge on any atom is -0.349 e. The molecule has 4 rings (SSSR count). The van der Waals surface area contributed by atoms with Crippen LogP contribution in [0.25, 0.3) is 21.8 Å². The zero-order chi connectivity index (χ0) is 18.1. The van der Waals surface area contributed by atoms with E-state index in [0.29, 0.717) is 22.0 Å². The molecule has 0 saturated carbocycles. The molecule has 3 aromatic carbocycles. The summed E-state index contributed by atoms with van der Waals surface area (Å²) < 4.78 is 0. The van der Waals surface area contributed by atoms with Crippen LogP contribution >= 0.6 is 11.8 Å². The summed E-state index contributed by atoms with van der Waals surface area (Å²) in [6, 6.07) is 20.1. The van der Waals surface area contributed by atoms with Gasteiger partial charge in [-0.2, -0.15) is 0 Å². The maximum absolute atomic E-state index is 13.0. The number of thioether (sulfide) groups is 1. The highest BCUT2D eigenvalue weighted by molar-refractivity contribution is 7.98. The molecule has 0 aliphatic rings. The molecule has 128 valence electrons. The number of nitro groups is 1. The smallest absolute Gasteiger partial charge is 0.293 e. The van der Waals surface area contributed by atoms with E-state index in [0.717, 1.165) is 10.5 Å². The number of H-pyrrole nitrogens is 1. The van der Waals surface area contributed by atoms with E-state index < -0.39 is 4.92 Å². The third-order valence-electron chi connectivity index (χ3n) is 4.24. The number of hydrogen-bond acceptors (Lipinski definition) is 4. The van der Waals surface area contributed by atoms with E-state index >= 15 is 0 Å². The Kier molecular flexibility index (Phi) is 4.18. The number of para-hydroxylation sites is 1. The molecule has 1 N–H and O–H groups in total. The summed E-state index contributed by atoms with van der Waals surface area (Å²) in [5, 5.41) is 12.3. The van der Waals surface area contributed by atoms with Gasteiger partial charge in [0.15, 0.2) is 5.43 Å². The molecular formula is C20H14N2O3S. The molecule has 0 amide bonds. The first kappa shape index (κ1) is 16.4. The Morgan fingerprint density at radius 3 is 2.46 bits per heavy atom. The van der Waals surface area contributed by atoms with Crippen LogP contribution in [0.15, 0.2) is 76.4 Å². The molecule has 0 fully saturated rings. The predicted octanol–water partition coefficient (Wildman–Crippen LogP) is 4.88. The summed E-state index contributed by atoms with van der Waals surface area (Å²) in [5.74, 6) is 0.681. The van der Waals surface area contributed by atoms with E-state index in [1.54, 1.807) is 30.3 Å². The van der Waals surface area contributed by atoms with Crippen LogP contribution in [0.1, 0.15) is 5.56 Å². The van der Waals surface area contributed by atoms with Crippen LogP contribution in [0.5, 0.6) is 0 Å². The van der Waals surface area contributed by atoms with Crippen molar-refractivity contribution in [2.24, 2.45) is 0 Å². The normalized spacial score (nSPS) is 11.1. The van der Waals surface area contributed by atoms with Crippen molar-refractivity contribution < 1.29 is 4.92 Å². The molecule has 0 aliphatic heterocycles. The lowest BCUT2D eigenvalue weighted by molar-refractivity contribution is -0.383. The summed E-state index contributed by atoms with van der Waals surface area (Å²) in [4.78, 5) is 27.8. The summed E-state index contributed by atoms with van der Waals surface area (Å²) in [6.45, 7) is 0. The summed E-state index contributed by atoms with van der Waals surface area (Å²) >= 11 is 1.50. The van der Waals surface area contributed by atoms with Crippen molar-refractivity contribution in [1.82, 2.24) is 4.98 Å². The molecule has 4 aromatic rings. The third kappa shape index (κ3) is 2.84. The lowest BCUT2D eigenvalue weighted by Crippen LogP contribution is -2.07. The molecular weight excluding hydrogens is 348 g/mol. The Morgan fingerprint density at radius 2 is 1.69 bits per heavy atom. The maximum Gasteiger partial charge on any atom is 0.293 e. The van der Waals surface area contributed by atoms with Gasteiger partial charge in [-0.05, 0) is 23.8 Å². The summed E-state index contributed by atoms with van der Waals surface area (Å²) in [7, 11) is 0. The summed E-state index contributed by atoms with van der Waals surface area (Å²) in [5.41, 5.74) is 1.72. The fourth-order valence-corrected chi connectivity index (χ4v) is 4.01. The Balaban J connectivity index is 1.93. The first-order chi connectivity index (χ1) is 12.6. The predicted molar refractivity (Wildman–Crippen MR) is 105 cm³/mol. The molecule has 5 nitrogen and oxygen atoms in total. The molecule has 0 radical (unpaired) electrons. The molecule has 0 atom stereocenters. The van der Waals surface area contributed by atoms with E-state index in [2.05, 4.69) is 4.98 Å². The topological polar surface area (TPSA) is 76.0 Å². The lowest BCUT2D eigenvalue weighted by atomic mass is 10.1. The number of nitro benzene ring substituents is 1. The molecule has 0 bridgehead atoms. The van der Waals surface area contributed by atoms with Crippen LogP contribution in [0.4, 0.5) is 5.69 Å². The van der Waals surface area contributed by atoms with Crippen LogP contribution in [-0.2, 0) is 5.75 Å². The van der Waals surface area contributed by atoms with Crippen molar-refractivity contribution in [1.29, 1.82) is 0 Å². The van der Waals surface area contributed by atoms with Gasteiger partial charge < -0.3 is 4.98 Å². The van der Waals surface area contributed by atoms with Crippen LogP contribution < -0.4 is 5.43 Å². The molecule has 0 aliphatic carbocycles. The first-order valence-corrected chi connectivity index (χ1v) is 9.02. The Hall–Kier alpha value is -3.12. The van der Waals surface area contributed by atoms with Gasteiger partial charge in [0.25, 0.3) is 5.69 Å². The van der Waals surface area contributed by atoms with Gasteiger partial charge in [0.1, 0.15) is 5.52 Å². The molecule has 0 spiro atoms.